The van der Waals surface area contributed by atoms with Gasteiger partial charge in [0.2, 0.25) is 9.63 Å². The number of carbonyl (C=O) groups excluding carboxylic acids is 1. The van der Waals surface area contributed by atoms with Crippen molar-refractivity contribution in [2.45, 2.75) is 44.7 Å². The SMILES string of the molecule is CC(C)(C)OC(=O)N1C=C(OS(C)(=O)(O)C(F)(F)F)CCC1. The molecule has 0 aromatic heterocycles. The summed E-state index contributed by atoms with van der Waals surface area (Å²) in [5.41, 5.74) is -6.21. The lowest BCUT2D eigenvalue weighted by molar-refractivity contribution is -0.0654. The van der Waals surface area contributed by atoms with Crippen LogP contribution in [-0.2, 0) is 18.5 Å². The van der Waals surface area contributed by atoms with Crippen molar-refractivity contribution in [3.05, 3.63) is 12.0 Å². The van der Waals surface area contributed by atoms with E-state index in [1.165, 1.54) is 0 Å². The zero-order chi connectivity index (χ0) is 17.4. The Kier molecular flexibility index (Phi) is 4.61. The molecule has 0 aromatic carbocycles. The molecule has 1 N–H and O–H groups in total. The first-order valence-corrected chi connectivity index (χ1v) is 8.71. The maximum atomic E-state index is 12.7. The summed E-state index contributed by atoms with van der Waals surface area (Å²) >= 11 is 0. The molecule has 0 bridgehead atoms. The van der Waals surface area contributed by atoms with Crippen molar-refractivity contribution in [2.24, 2.45) is 0 Å². The predicted octanol–water partition coefficient (Wildman–Crippen LogP) is 3.23. The van der Waals surface area contributed by atoms with Crippen LogP contribution < -0.4 is 0 Å². The Labute approximate surface area is 126 Å². The minimum absolute atomic E-state index is 0.0122. The zero-order valence-electron chi connectivity index (χ0n) is 12.8. The standard InChI is InChI=1S/C12H20F3NO5S/c1-11(2,3)20-10(17)16-7-5-6-9(8-16)21-22(4,18,19)12(13,14)15/h8H,5-7H2,1-4H3,(H,18,19). The number of hydrogen-bond donors (Lipinski definition) is 1. The highest BCUT2D eigenvalue weighted by molar-refractivity contribution is 8.11. The number of rotatable bonds is 2. The number of hydrogen-bond acceptors (Lipinski definition) is 4. The van der Waals surface area contributed by atoms with Crippen LogP contribution in [0.25, 0.3) is 0 Å². The van der Waals surface area contributed by atoms with Crippen molar-refractivity contribution in [3.8, 4) is 0 Å². The van der Waals surface area contributed by atoms with Gasteiger partial charge < -0.3 is 8.92 Å². The molecule has 1 rings (SSSR count). The highest BCUT2D eigenvalue weighted by atomic mass is 32.3. The molecule has 0 atom stereocenters. The number of allylic oxidation sites excluding steroid dienone is 1. The molecule has 0 unspecified atom stereocenters. The van der Waals surface area contributed by atoms with Crippen LogP contribution in [0.1, 0.15) is 33.6 Å². The second-order valence-electron chi connectivity index (χ2n) is 6.10. The molecule has 0 saturated heterocycles. The molecule has 130 valence electrons. The minimum Gasteiger partial charge on any atom is -0.443 e. The summed E-state index contributed by atoms with van der Waals surface area (Å²) in [6.07, 6.45) is 0.587. The fraction of sp³-hybridized carbons (Fsp3) is 0.750. The third kappa shape index (κ3) is 4.60. The molecular weight excluding hydrogens is 327 g/mol. The zero-order valence-corrected chi connectivity index (χ0v) is 13.6. The van der Waals surface area contributed by atoms with Crippen LogP contribution >= 0.6 is 0 Å². The van der Waals surface area contributed by atoms with E-state index in [0.717, 1.165) is 11.1 Å². The van der Waals surface area contributed by atoms with Gasteiger partial charge in [-0.2, -0.15) is 13.2 Å². The lowest BCUT2D eigenvalue weighted by Gasteiger charge is -2.36. The summed E-state index contributed by atoms with van der Waals surface area (Å²) in [5, 5.41) is 0. The molecule has 22 heavy (non-hydrogen) atoms. The van der Waals surface area contributed by atoms with Gasteiger partial charge in [0, 0.05) is 19.2 Å². The van der Waals surface area contributed by atoms with Crippen molar-refractivity contribution >= 4 is 15.7 Å². The molecule has 0 aliphatic carbocycles. The number of amides is 1. The van der Waals surface area contributed by atoms with Crippen molar-refractivity contribution in [1.82, 2.24) is 4.90 Å². The van der Waals surface area contributed by atoms with Crippen LogP contribution in [0.3, 0.4) is 0 Å². The van der Waals surface area contributed by atoms with Gasteiger partial charge in [0.05, 0.1) is 6.26 Å². The molecule has 0 spiro atoms. The van der Waals surface area contributed by atoms with E-state index in [2.05, 4.69) is 4.18 Å². The summed E-state index contributed by atoms with van der Waals surface area (Å²) in [6.45, 7) is 5.14. The van der Waals surface area contributed by atoms with Gasteiger partial charge in [0.15, 0.2) is 0 Å². The average molecular weight is 347 g/mol. The molecule has 1 aliphatic heterocycles. The number of nitrogens with zero attached hydrogens (tertiary/aromatic N) is 1. The van der Waals surface area contributed by atoms with Gasteiger partial charge in [0.25, 0.3) is 0 Å². The van der Waals surface area contributed by atoms with Crippen molar-refractivity contribution in [1.29, 1.82) is 0 Å². The Balaban J connectivity index is 2.94. The van der Waals surface area contributed by atoms with Crippen LogP contribution in [0.4, 0.5) is 18.0 Å². The molecule has 1 heterocycles. The first-order chi connectivity index (χ1) is 9.60. The van der Waals surface area contributed by atoms with E-state index in [-0.39, 0.29) is 25.6 Å². The Morgan fingerprint density at radius 1 is 1.36 bits per heavy atom. The van der Waals surface area contributed by atoms with Crippen molar-refractivity contribution < 1.29 is 35.6 Å². The summed E-state index contributed by atoms with van der Waals surface area (Å²) in [5.74, 6) is -0.392. The van der Waals surface area contributed by atoms with Gasteiger partial charge in [-0.05, 0) is 27.2 Å². The van der Waals surface area contributed by atoms with E-state index in [1.807, 2.05) is 0 Å². The molecule has 10 heteroatoms. The van der Waals surface area contributed by atoms with E-state index < -0.39 is 32.6 Å². The molecule has 0 radical (unpaired) electrons. The number of carbonyl (C=O) groups is 1. The topological polar surface area (TPSA) is 76.1 Å². The lowest BCUT2D eigenvalue weighted by Crippen LogP contribution is -2.48. The summed E-state index contributed by atoms with van der Waals surface area (Å²) in [6, 6.07) is 0. The third-order valence-electron chi connectivity index (χ3n) is 2.58. The second-order valence-corrected chi connectivity index (χ2v) is 9.12. The predicted molar refractivity (Wildman–Crippen MR) is 74.1 cm³/mol. The van der Waals surface area contributed by atoms with Gasteiger partial charge >= 0.3 is 11.6 Å². The number of ether oxygens (including phenoxy) is 1. The number of alkyl halides is 3. The fourth-order valence-electron chi connectivity index (χ4n) is 1.55. The van der Waals surface area contributed by atoms with Gasteiger partial charge in [-0.15, -0.1) is 0 Å². The van der Waals surface area contributed by atoms with Gasteiger partial charge in [-0.1, -0.05) is 0 Å². The highest BCUT2D eigenvalue weighted by Crippen LogP contribution is 2.42. The Morgan fingerprint density at radius 2 is 1.91 bits per heavy atom. The third-order valence-corrected chi connectivity index (χ3v) is 4.23. The fourth-order valence-corrected chi connectivity index (χ4v) is 2.28. The van der Waals surface area contributed by atoms with Gasteiger partial charge in [0.1, 0.15) is 11.4 Å². The Hall–Kier alpha value is -1.29. The molecule has 0 aromatic rings. The number of halogens is 3. The molecule has 0 saturated carbocycles. The van der Waals surface area contributed by atoms with Crippen LogP contribution in [-0.4, -0.2) is 43.7 Å². The largest absolute Gasteiger partial charge is 0.503 e. The Bertz CT molecular complexity index is 544. The Morgan fingerprint density at radius 3 is 2.36 bits per heavy atom. The van der Waals surface area contributed by atoms with Crippen molar-refractivity contribution in [2.75, 3.05) is 12.8 Å². The van der Waals surface area contributed by atoms with Crippen LogP contribution in [0.2, 0.25) is 0 Å². The van der Waals surface area contributed by atoms with E-state index in [4.69, 9.17) is 4.74 Å². The molecule has 0 fully saturated rings. The maximum absolute atomic E-state index is 12.7. The monoisotopic (exact) mass is 347 g/mol. The summed E-state index contributed by atoms with van der Waals surface area (Å²) < 4.78 is 68.4. The normalized spacial score (nSPS) is 19.0. The van der Waals surface area contributed by atoms with Crippen LogP contribution in [0, 0.1) is 0 Å². The molecular formula is C12H20F3NO5S. The van der Waals surface area contributed by atoms with E-state index in [9.17, 15) is 26.7 Å². The van der Waals surface area contributed by atoms with E-state index in [1.54, 1.807) is 20.8 Å². The van der Waals surface area contributed by atoms with E-state index >= 15 is 0 Å². The van der Waals surface area contributed by atoms with Crippen LogP contribution in [0.5, 0.6) is 0 Å². The van der Waals surface area contributed by atoms with Crippen LogP contribution in [0.15, 0.2) is 12.0 Å². The highest BCUT2D eigenvalue weighted by Gasteiger charge is 2.58. The van der Waals surface area contributed by atoms with E-state index in [0.29, 0.717) is 0 Å². The quantitative estimate of drug-likeness (QED) is 0.830. The molecule has 1 aliphatic rings. The van der Waals surface area contributed by atoms with Gasteiger partial charge in [-0.25, -0.2) is 9.00 Å². The smallest absolute Gasteiger partial charge is 0.443 e. The first kappa shape index (κ1) is 18.8. The summed E-state index contributed by atoms with van der Waals surface area (Å²) in [4.78, 5) is 12.9. The first-order valence-electron chi connectivity index (χ1n) is 6.45. The van der Waals surface area contributed by atoms with Gasteiger partial charge in [-0.3, -0.25) is 9.45 Å². The summed E-state index contributed by atoms with van der Waals surface area (Å²) in [7, 11) is -6.31. The second kappa shape index (κ2) is 5.41. The molecule has 1 amide bonds. The minimum atomic E-state index is -6.31. The molecule has 6 nitrogen and oxygen atoms in total. The lowest BCUT2D eigenvalue weighted by atomic mass is 10.2. The average Bonchev–Trinajstić information content (AvgIpc) is 2.23. The maximum Gasteiger partial charge on any atom is 0.503 e. The van der Waals surface area contributed by atoms with Crippen molar-refractivity contribution in [3.63, 3.8) is 0 Å².